The summed E-state index contributed by atoms with van der Waals surface area (Å²) in [7, 11) is 1.70. The largest absolute Gasteiger partial charge is 0.385 e. The number of nitrogens with zero attached hydrogens (tertiary/aromatic N) is 1. The van der Waals surface area contributed by atoms with Crippen LogP contribution in [0, 0.1) is 0 Å². The average Bonchev–Trinajstić information content (AvgIpc) is 2.72. The minimum absolute atomic E-state index is 0.118. The van der Waals surface area contributed by atoms with Crippen molar-refractivity contribution in [2.24, 2.45) is 5.84 Å². The third-order valence-corrected chi connectivity index (χ3v) is 3.52. The number of ether oxygens (including phenoxy) is 1. The number of aromatic nitrogens is 1. The zero-order valence-corrected chi connectivity index (χ0v) is 11.9. The molecular formula is C12H23N3OS. The fourth-order valence-corrected chi connectivity index (χ4v) is 2.57. The second-order valence-corrected chi connectivity index (χ2v) is 6.17. The van der Waals surface area contributed by atoms with Crippen molar-refractivity contribution in [3.05, 3.63) is 16.1 Å². The molecule has 0 radical (unpaired) electrons. The highest BCUT2D eigenvalue weighted by Gasteiger charge is 2.18. The van der Waals surface area contributed by atoms with Gasteiger partial charge in [-0.3, -0.25) is 11.3 Å². The second-order valence-electron chi connectivity index (χ2n) is 5.23. The Morgan fingerprint density at radius 3 is 2.71 bits per heavy atom. The summed E-state index contributed by atoms with van der Waals surface area (Å²) in [6.07, 6.45) is 1.76. The van der Waals surface area contributed by atoms with E-state index in [-0.39, 0.29) is 11.5 Å². The van der Waals surface area contributed by atoms with Gasteiger partial charge in [0, 0.05) is 37.0 Å². The van der Waals surface area contributed by atoms with Gasteiger partial charge in [0.25, 0.3) is 0 Å². The molecule has 0 aromatic carbocycles. The molecule has 98 valence electrons. The molecule has 0 aliphatic rings. The van der Waals surface area contributed by atoms with Crippen LogP contribution in [-0.4, -0.2) is 24.7 Å². The SMILES string of the molecule is COCCC(Cc1nc(C(C)(C)C)cs1)NN. The molecule has 1 unspecified atom stereocenters. The molecule has 17 heavy (non-hydrogen) atoms. The maximum Gasteiger partial charge on any atom is 0.0944 e. The Bertz CT molecular complexity index is 333. The van der Waals surface area contributed by atoms with Gasteiger partial charge in [0.2, 0.25) is 0 Å². The normalized spacial score (nSPS) is 13.9. The number of hydrazine groups is 1. The van der Waals surface area contributed by atoms with Gasteiger partial charge < -0.3 is 4.74 Å². The highest BCUT2D eigenvalue weighted by atomic mass is 32.1. The summed E-state index contributed by atoms with van der Waals surface area (Å²) in [6, 6.07) is 0.230. The maximum atomic E-state index is 5.53. The molecule has 3 N–H and O–H groups in total. The van der Waals surface area contributed by atoms with Crippen LogP contribution in [0.2, 0.25) is 0 Å². The molecule has 1 aromatic heterocycles. The summed E-state index contributed by atoms with van der Waals surface area (Å²) in [5, 5.41) is 3.27. The van der Waals surface area contributed by atoms with Gasteiger partial charge in [-0.05, 0) is 6.42 Å². The van der Waals surface area contributed by atoms with Gasteiger partial charge in [-0.2, -0.15) is 0 Å². The van der Waals surface area contributed by atoms with E-state index in [1.165, 1.54) is 0 Å². The van der Waals surface area contributed by atoms with Crippen LogP contribution in [0.5, 0.6) is 0 Å². The number of nitrogens with one attached hydrogen (secondary N) is 1. The molecule has 0 amide bonds. The number of hydrogen-bond donors (Lipinski definition) is 2. The van der Waals surface area contributed by atoms with E-state index in [4.69, 9.17) is 10.6 Å². The standard InChI is InChI=1S/C12H23N3OS/c1-12(2,3)10-8-17-11(14-10)7-9(15-13)5-6-16-4/h8-9,15H,5-7,13H2,1-4H3. The van der Waals surface area contributed by atoms with Crippen LogP contribution < -0.4 is 11.3 Å². The lowest BCUT2D eigenvalue weighted by molar-refractivity contribution is 0.182. The fraction of sp³-hybridized carbons (Fsp3) is 0.750. The van der Waals surface area contributed by atoms with Gasteiger partial charge in [-0.15, -0.1) is 11.3 Å². The number of methoxy groups -OCH3 is 1. The van der Waals surface area contributed by atoms with Crippen molar-refractivity contribution in [3.8, 4) is 0 Å². The Balaban J connectivity index is 2.58. The minimum atomic E-state index is 0.118. The molecule has 4 nitrogen and oxygen atoms in total. The molecular weight excluding hydrogens is 234 g/mol. The highest BCUT2D eigenvalue weighted by Crippen LogP contribution is 2.24. The van der Waals surface area contributed by atoms with E-state index in [9.17, 15) is 0 Å². The molecule has 0 spiro atoms. The van der Waals surface area contributed by atoms with Crippen molar-refractivity contribution in [2.75, 3.05) is 13.7 Å². The summed E-state index contributed by atoms with van der Waals surface area (Å²) in [5.41, 5.74) is 4.09. The molecule has 0 saturated carbocycles. The average molecular weight is 257 g/mol. The summed E-state index contributed by atoms with van der Waals surface area (Å²) in [6.45, 7) is 7.24. The van der Waals surface area contributed by atoms with Crippen molar-refractivity contribution in [2.45, 2.75) is 45.1 Å². The summed E-state index contributed by atoms with van der Waals surface area (Å²) < 4.78 is 5.06. The number of nitrogens with two attached hydrogens (primary N) is 1. The van der Waals surface area contributed by atoms with Crippen molar-refractivity contribution >= 4 is 11.3 Å². The molecule has 0 saturated heterocycles. The first-order valence-corrected chi connectivity index (χ1v) is 6.75. The van der Waals surface area contributed by atoms with Crippen LogP contribution in [0.25, 0.3) is 0 Å². The van der Waals surface area contributed by atoms with Crippen LogP contribution in [-0.2, 0) is 16.6 Å². The molecule has 1 heterocycles. The molecule has 0 fully saturated rings. The van der Waals surface area contributed by atoms with Gasteiger partial charge in [-0.25, -0.2) is 4.98 Å². The Hall–Kier alpha value is -0.490. The first kappa shape index (κ1) is 14.6. The van der Waals surface area contributed by atoms with E-state index in [0.717, 1.165) is 23.5 Å². The molecule has 1 rings (SSSR count). The first-order valence-electron chi connectivity index (χ1n) is 5.87. The maximum absolute atomic E-state index is 5.53. The van der Waals surface area contributed by atoms with Crippen LogP contribution >= 0.6 is 11.3 Å². The lowest BCUT2D eigenvalue weighted by Gasteiger charge is -2.15. The molecule has 1 aromatic rings. The highest BCUT2D eigenvalue weighted by molar-refractivity contribution is 7.09. The minimum Gasteiger partial charge on any atom is -0.385 e. The summed E-state index contributed by atoms with van der Waals surface area (Å²) >= 11 is 1.71. The number of rotatable bonds is 6. The zero-order chi connectivity index (χ0) is 12.9. The predicted octanol–water partition coefficient (Wildman–Crippen LogP) is 1.85. The van der Waals surface area contributed by atoms with Gasteiger partial charge in [0.15, 0.2) is 0 Å². The Kier molecular flexibility index (Phi) is 5.52. The van der Waals surface area contributed by atoms with E-state index in [1.54, 1.807) is 18.4 Å². The summed E-state index contributed by atoms with van der Waals surface area (Å²) in [4.78, 5) is 4.66. The smallest absolute Gasteiger partial charge is 0.0944 e. The third-order valence-electron chi connectivity index (χ3n) is 2.65. The lowest BCUT2D eigenvalue weighted by atomic mass is 9.93. The van der Waals surface area contributed by atoms with Crippen LogP contribution in [0.4, 0.5) is 0 Å². The predicted molar refractivity (Wildman–Crippen MR) is 72.1 cm³/mol. The van der Waals surface area contributed by atoms with E-state index in [1.807, 2.05) is 0 Å². The second kappa shape index (κ2) is 6.44. The van der Waals surface area contributed by atoms with Gasteiger partial charge in [0.1, 0.15) is 0 Å². The fourth-order valence-electron chi connectivity index (χ4n) is 1.46. The molecule has 0 bridgehead atoms. The van der Waals surface area contributed by atoms with Crippen LogP contribution in [0.1, 0.15) is 37.9 Å². The first-order chi connectivity index (χ1) is 7.97. The van der Waals surface area contributed by atoms with Crippen molar-refractivity contribution in [1.29, 1.82) is 0 Å². The van der Waals surface area contributed by atoms with E-state index < -0.39 is 0 Å². The third kappa shape index (κ3) is 4.71. The quantitative estimate of drug-likeness (QED) is 0.603. The Morgan fingerprint density at radius 2 is 2.24 bits per heavy atom. The summed E-state index contributed by atoms with van der Waals surface area (Å²) in [5.74, 6) is 5.53. The topological polar surface area (TPSA) is 60.2 Å². The molecule has 5 heteroatoms. The van der Waals surface area contributed by atoms with Crippen molar-refractivity contribution in [1.82, 2.24) is 10.4 Å². The Morgan fingerprint density at radius 1 is 1.53 bits per heavy atom. The monoisotopic (exact) mass is 257 g/mol. The molecule has 1 atom stereocenters. The number of thiazole rings is 1. The van der Waals surface area contributed by atoms with E-state index in [2.05, 4.69) is 36.6 Å². The lowest BCUT2D eigenvalue weighted by Crippen LogP contribution is -2.37. The van der Waals surface area contributed by atoms with E-state index >= 15 is 0 Å². The van der Waals surface area contributed by atoms with Crippen molar-refractivity contribution in [3.63, 3.8) is 0 Å². The van der Waals surface area contributed by atoms with Crippen LogP contribution in [0.3, 0.4) is 0 Å². The van der Waals surface area contributed by atoms with E-state index in [0.29, 0.717) is 6.61 Å². The van der Waals surface area contributed by atoms with Crippen molar-refractivity contribution < 1.29 is 4.74 Å². The Labute approximate surface area is 108 Å². The molecule has 0 aliphatic heterocycles. The van der Waals surface area contributed by atoms with Gasteiger partial charge in [0.05, 0.1) is 10.7 Å². The zero-order valence-electron chi connectivity index (χ0n) is 11.1. The number of hydrogen-bond acceptors (Lipinski definition) is 5. The van der Waals surface area contributed by atoms with Gasteiger partial charge in [-0.1, -0.05) is 20.8 Å². The molecule has 0 aliphatic carbocycles. The van der Waals surface area contributed by atoms with Gasteiger partial charge >= 0.3 is 0 Å². The van der Waals surface area contributed by atoms with Crippen LogP contribution in [0.15, 0.2) is 5.38 Å².